The topological polar surface area (TPSA) is 41.1 Å². The summed E-state index contributed by atoms with van der Waals surface area (Å²) in [6, 6.07) is 4.61. The molecular formula is C14H18N2OS. The zero-order chi connectivity index (χ0) is 12.4. The minimum atomic E-state index is 0.00782. The summed E-state index contributed by atoms with van der Waals surface area (Å²) >= 11 is 1.64. The van der Waals surface area contributed by atoms with Crippen molar-refractivity contribution in [2.24, 2.45) is 5.92 Å². The van der Waals surface area contributed by atoms with Crippen LogP contribution in [0, 0.1) is 5.92 Å². The van der Waals surface area contributed by atoms with Crippen LogP contribution in [0.1, 0.15) is 30.6 Å². The monoisotopic (exact) mass is 262 g/mol. The van der Waals surface area contributed by atoms with Crippen LogP contribution in [0.25, 0.3) is 6.08 Å². The van der Waals surface area contributed by atoms with Gasteiger partial charge in [0.15, 0.2) is 0 Å². The van der Waals surface area contributed by atoms with Gasteiger partial charge in [-0.3, -0.25) is 10.1 Å². The van der Waals surface area contributed by atoms with Crippen molar-refractivity contribution in [3.05, 3.63) is 28.5 Å². The van der Waals surface area contributed by atoms with Crippen molar-refractivity contribution in [2.45, 2.75) is 37.9 Å². The van der Waals surface area contributed by atoms with Crippen LogP contribution in [0.2, 0.25) is 0 Å². The van der Waals surface area contributed by atoms with E-state index in [1.54, 1.807) is 17.4 Å². The number of hydrogen-bond donors (Lipinski definition) is 2. The molecule has 0 radical (unpaired) electrons. The summed E-state index contributed by atoms with van der Waals surface area (Å²) in [6.45, 7) is 0. The maximum absolute atomic E-state index is 11.8. The molecule has 1 atom stereocenters. The Hall–Kier alpha value is -1.13. The summed E-state index contributed by atoms with van der Waals surface area (Å²) in [6.07, 6.45) is 8.72. The van der Waals surface area contributed by atoms with E-state index in [0.29, 0.717) is 12.0 Å². The predicted molar refractivity (Wildman–Crippen MR) is 74.2 cm³/mol. The van der Waals surface area contributed by atoms with Crippen molar-refractivity contribution >= 4 is 23.3 Å². The maximum atomic E-state index is 11.8. The molecule has 1 aliphatic carbocycles. The molecule has 4 heteroatoms. The van der Waals surface area contributed by atoms with E-state index in [-0.39, 0.29) is 12.1 Å². The van der Waals surface area contributed by atoms with Gasteiger partial charge in [-0.1, -0.05) is 6.07 Å². The van der Waals surface area contributed by atoms with E-state index in [2.05, 4.69) is 10.6 Å². The SMILES string of the molecule is O=C(/C=C/c1cccs1)NC1NC2CCC1CC2. The van der Waals surface area contributed by atoms with Gasteiger partial charge in [0.25, 0.3) is 0 Å². The van der Waals surface area contributed by atoms with Crippen LogP contribution >= 0.6 is 11.3 Å². The number of carbonyl (C=O) groups excluding carboxylic acids is 1. The molecule has 2 bridgehead atoms. The molecule has 4 rings (SSSR count). The van der Waals surface area contributed by atoms with E-state index in [4.69, 9.17) is 0 Å². The highest BCUT2D eigenvalue weighted by Gasteiger charge is 2.35. The summed E-state index contributed by atoms with van der Waals surface area (Å²) < 4.78 is 0. The third kappa shape index (κ3) is 2.65. The van der Waals surface area contributed by atoms with E-state index < -0.39 is 0 Å². The van der Waals surface area contributed by atoms with E-state index in [1.807, 2.05) is 23.6 Å². The fraction of sp³-hybridized carbons (Fsp3) is 0.500. The van der Waals surface area contributed by atoms with E-state index in [0.717, 1.165) is 4.88 Å². The molecule has 2 N–H and O–H groups in total. The Labute approximate surface area is 111 Å². The zero-order valence-corrected chi connectivity index (χ0v) is 11.1. The smallest absolute Gasteiger partial charge is 0.245 e. The Bertz CT molecular complexity index is 433. The van der Waals surface area contributed by atoms with Crippen LogP contribution in [-0.2, 0) is 4.79 Å². The summed E-state index contributed by atoms with van der Waals surface area (Å²) in [5.41, 5.74) is 0. The van der Waals surface area contributed by atoms with E-state index in [9.17, 15) is 4.79 Å². The number of carbonyl (C=O) groups is 1. The number of piperidine rings is 2. The quantitative estimate of drug-likeness (QED) is 0.821. The minimum absolute atomic E-state index is 0.00782. The molecule has 1 saturated carbocycles. The standard InChI is InChI=1S/C14H18N2OS/c17-13(8-7-12-2-1-9-18-12)16-14-10-3-5-11(15-14)6-4-10/h1-2,7-11,14-15H,3-6H2,(H,16,17)/b8-7+. The van der Waals surface area contributed by atoms with Crippen LogP contribution < -0.4 is 10.6 Å². The molecule has 1 aromatic heterocycles. The number of rotatable bonds is 3. The normalized spacial score (nSPS) is 30.8. The first-order chi connectivity index (χ1) is 8.81. The van der Waals surface area contributed by atoms with Gasteiger partial charge in [0.2, 0.25) is 5.91 Å². The highest BCUT2D eigenvalue weighted by molar-refractivity contribution is 7.10. The lowest BCUT2D eigenvalue weighted by molar-refractivity contribution is -0.118. The summed E-state index contributed by atoms with van der Waals surface area (Å²) in [5.74, 6) is 0.627. The minimum Gasteiger partial charge on any atom is -0.337 e. The van der Waals surface area contributed by atoms with E-state index >= 15 is 0 Å². The summed E-state index contributed by atoms with van der Waals surface area (Å²) in [5, 5.41) is 8.61. The molecule has 1 amide bonds. The lowest BCUT2D eigenvalue weighted by atomic mass is 9.79. The Morgan fingerprint density at radius 1 is 1.39 bits per heavy atom. The fourth-order valence-corrected chi connectivity index (χ4v) is 3.53. The number of fused-ring (bicyclic) bond motifs is 3. The Morgan fingerprint density at radius 2 is 2.22 bits per heavy atom. The largest absolute Gasteiger partial charge is 0.337 e. The molecule has 96 valence electrons. The van der Waals surface area contributed by atoms with Gasteiger partial charge in [-0.15, -0.1) is 11.3 Å². The van der Waals surface area contributed by atoms with Crippen molar-refractivity contribution in [3.63, 3.8) is 0 Å². The Balaban J connectivity index is 1.55. The summed E-state index contributed by atoms with van der Waals surface area (Å²) in [7, 11) is 0. The Kier molecular flexibility index (Phi) is 3.48. The Morgan fingerprint density at radius 3 is 2.83 bits per heavy atom. The summed E-state index contributed by atoms with van der Waals surface area (Å²) in [4.78, 5) is 13.0. The average molecular weight is 262 g/mol. The molecule has 18 heavy (non-hydrogen) atoms. The van der Waals surface area contributed by atoms with Crippen molar-refractivity contribution in [3.8, 4) is 0 Å². The van der Waals surface area contributed by atoms with Gasteiger partial charge in [0, 0.05) is 17.0 Å². The van der Waals surface area contributed by atoms with Gasteiger partial charge in [-0.2, -0.15) is 0 Å². The van der Waals surface area contributed by atoms with Gasteiger partial charge >= 0.3 is 0 Å². The highest BCUT2D eigenvalue weighted by Crippen LogP contribution is 2.31. The number of thiophene rings is 1. The second-order valence-electron chi connectivity index (χ2n) is 5.11. The van der Waals surface area contributed by atoms with Gasteiger partial charge in [0.1, 0.15) is 0 Å². The third-order valence-electron chi connectivity index (χ3n) is 3.90. The number of amides is 1. The maximum Gasteiger partial charge on any atom is 0.245 e. The number of hydrogen-bond acceptors (Lipinski definition) is 3. The van der Waals surface area contributed by atoms with Crippen LogP contribution in [0.15, 0.2) is 23.6 Å². The molecule has 3 nitrogen and oxygen atoms in total. The first kappa shape index (κ1) is 11.9. The third-order valence-corrected chi connectivity index (χ3v) is 4.74. The first-order valence-corrected chi connectivity index (χ1v) is 7.47. The molecular weight excluding hydrogens is 244 g/mol. The van der Waals surface area contributed by atoms with Crippen molar-refractivity contribution < 1.29 is 4.79 Å². The fourth-order valence-electron chi connectivity index (χ4n) is 2.91. The van der Waals surface area contributed by atoms with Gasteiger partial charge in [-0.05, 0) is 49.1 Å². The lowest BCUT2D eigenvalue weighted by Crippen LogP contribution is -2.59. The molecule has 2 aliphatic heterocycles. The molecule has 3 aliphatic rings. The zero-order valence-electron chi connectivity index (χ0n) is 10.3. The van der Waals surface area contributed by atoms with Crippen LogP contribution in [0.5, 0.6) is 0 Å². The molecule has 3 heterocycles. The second-order valence-corrected chi connectivity index (χ2v) is 6.09. The van der Waals surface area contributed by atoms with Gasteiger partial charge < -0.3 is 5.32 Å². The molecule has 0 spiro atoms. The van der Waals surface area contributed by atoms with Crippen LogP contribution in [0.4, 0.5) is 0 Å². The number of nitrogens with one attached hydrogen (secondary N) is 2. The van der Waals surface area contributed by atoms with Crippen LogP contribution in [-0.4, -0.2) is 18.1 Å². The van der Waals surface area contributed by atoms with Gasteiger partial charge in [0.05, 0.1) is 6.17 Å². The first-order valence-electron chi connectivity index (χ1n) is 6.59. The lowest BCUT2D eigenvalue weighted by Gasteiger charge is -2.43. The highest BCUT2D eigenvalue weighted by atomic mass is 32.1. The predicted octanol–water partition coefficient (Wildman–Crippen LogP) is 2.37. The van der Waals surface area contributed by atoms with Gasteiger partial charge in [-0.25, -0.2) is 0 Å². The average Bonchev–Trinajstić information content (AvgIpc) is 2.91. The molecule has 2 saturated heterocycles. The molecule has 1 aromatic rings. The molecule has 3 fully saturated rings. The van der Waals surface area contributed by atoms with Crippen molar-refractivity contribution in [2.75, 3.05) is 0 Å². The van der Waals surface area contributed by atoms with Crippen LogP contribution in [0.3, 0.4) is 0 Å². The molecule has 1 unspecified atom stereocenters. The molecule has 0 aromatic carbocycles. The van der Waals surface area contributed by atoms with Crippen molar-refractivity contribution in [1.82, 2.24) is 10.6 Å². The second kappa shape index (κ2) is 5.24. The van der Waals surface area contributed by atoms with E-state index in [1.165, 1.54) is 25.7 Å². The van der Waals surface area contributed by atoms with Crippen molar-refractivity contribution in [1.29, 1.82) is 0 Å².